The van der Waals surface area contributed by atoms with Gasteiger partial charge in [0.25, 0.3) is 5.69 Å². The van der Waals surface area contributed by atoms with E-state index in [-0.39, 0.29) is 12.3 Å². The molecule has 0 heterocycles. The summed E-state index contributed by atoms with van der Waals surface area (Å²) in [7, 11) is 0. The molecule has 6 heteroatoms. The molecule has 100 valence electrons. The van der Waals surface area contributed by atoms with Crippen LogP contribution in [0.5, 0.6) is 5.75 Å². The van der Waals surface area contributed by atoms with Gasteiger partial charge in [-0.25, -0.2) is 0 Å². The normalized spacial score (nSPS) is 9.80. The first-order valence-corrected chi connectivity index (χ1v) is 6.04. The number of nitro groups is 1. The van der Waals surface area contributed by atoms with Crippen molar-refractivity contribution in [3.8, 4) is 11.8 Å². The summed E-state index contributed by atoms with van der Waals surface area (Å²) in [5.41, 5.74) is 0.663. The van der Waals surface area contributed by atoms with Gasteiger partial charge in [0.15, 0.2) is 0 Å². The summed E-state index contributed by atoms with van der Waals surface area (Å²) in [6, 6.07) is 12.9. The van der Waals surface area contributed by atoms with Crippen molar-refractivity contribution in [2.24, 2.45) is 0 Å². The molecule has 0 N–H and O–H groups in total. The van der Waals surface area contributed by atoms with Gasteiger partial charge in [-0.15, -0.1) is 0 Å². The second kappa shape index (κ2) is 6.04. The molecule has 0 atom stereocenters. The van der Waals surface area contributed by atoms with E-state index in [1.807, 2.05) is 6.07 Å². The lowest BCUT2D eigenvalue weighted by atomic mass is 10.2. The van der Waals surface area contributed by atoms with Gasteiger partial charge in [-0.2, -0.15) is 5.26 Å². The van der Waals surface area contributed by atoms with Crippen LogP contribution in [0.4, 0.5) is 5.69 Å². The number of ether oxygens (including phenoxy) is 1. The Bertz CT molecular complexity index is 695. The van der Waals surface area contributed by atoms with Crippen LogP contribution in [0.3, 0.4) is 0 Å². The van der Waals surface area contributed by atoms with Crippen molar-refractivity contribution in [1.82, 2.24) is 0 Å². The van der Waals surface area contributed by atoms with Crippen LogP contribution in [0.15, 0.2) is 42.5 Å². The zero-order valence-electron chi connectivity index (χ0n) is 10.2. The third-order valence-electron chi connectivity index (χ3n) is 2.63. The quantitative estimate of drug-likeness (QED) is 0.635. The van der Waals surface area contributed by atoms with Crippen LogP contribution in [-0.4, -0.2) is 4.92 Å². The molecule has 0 aromatic heterocycles. The summed E-state index contributed by atoms with van der Waals surface area (Å²) >= 11 is 5.83. The Morgan fingerprint density at radius 1 is 1.30 bits per heavy atom. The van der Waals surface area contributed by atoms with Gasteiger partial charge in [-0.1, -0.05) is 23.7 Å². The lowest BCUT2D eigenvalue weighted by Gasteiger charge is -2.08. The summed E-state index contributed by atoms with van der Waals surface area (Å²) < 4.78 is 5.47. The van der Waals surface area contributed by atoms with Crippen LogP contribution in [0.1, 0.15) is 11.1 Å². The van der Waals surface area contributed by atoms with E-state index in [2.05, 4.69) is 0 Å². The van der Waals surface area contributed by atoms with Crippen molar-refractivity contribution in [3.63, 3.8) is 0 Å². The molecule has 0 aliphatic carbocycles. The minimum atomic E-state index is -0.495. The smallest absolute Gasteiger partial charge is 0.276 e. The Kier molecular flexibility index (Phi) is 4.18. The number of nitro benzene ring substituents is 1. The highest BCUT2D eigenvalue weighted by Crippen LogP contribution is 2.25. The van der Waals surface area contributed by atoms with E-state index in [0.29, 0.717) is 21.9 Å². The molecule has 0 saturated carbocycles. The van der Waals surface area contributed by atoms with Crippen molar-refractivity contribution in [2.45, 2.75) is 6.61 Å². The Labute approximate surface area is 120 Å². The molecule has 5 nitrogen and oxygen atoms in total. The average Bonchev–Trinajstić information content (AvgIpc) is 2.45. The number of nitrogens with zero attached hydrogens (tertiary/aromatic N) is 2. The van der Waals surface area contributed by atoms with Crippen molar-refractivity contribution in [3.05, 3.63) is 68.7 Å². The molecule has 0 aliphatic rings. The molecule has 20 heavy (non-hydrogen) atoms. The van der Waals surface area contributed by atoms with Gasteiger partial charge in [-0.05, 0) is 24.3 Å². The van der Waals surface area contributed by atoms with Crippen LogP contribution in [-0.2, 0) is 6.61 Å². The zero-order valence-corrected chi connectivity index (χ0v) is 11.0. The monoisotopic (exact) mass is 288 g/mol. The first-order valence-electron chi connectivity index (χ1n) is 5.66. The van der Waals surface area contributed by atoms with E-state index in [1.54, 1.807) is 24.3 Å². The highest BCUT2D eigenvalue weighted by atomic mass is 35.5. The molecule has 0 spiro atoms. The number of nitriles is 1. The number of rotatable bonds is 4. The van der Waals surface area contributed by atoms with Crippen LogP contribution in [0.2, 0.25) is 5.02 Å². The molecular weight excluding hydrogens is 280 g/mol. The summed E-state index contributed by atoms with van der Waals surface area (Å²) in [5, 5.41) is 20.3. The van der Waals surface area contributed by atoms with Crippen LogP contribution >= 0.6 is 11.6 Å². The number of para-hydroxylation sites is 1. The van der Waals surface area contributed by atoms with Gasteiger partial charge in [0.1, 0.15) is 18.4 Å². The van der Waals surface area contributed by atoms with Crippen LogP contribution in [0, 0.1) is 21.4 Å². The fourth-order valence-corrected chi connectivity index (χ4v) is 1.88. The number of hydrogen-bond donors (Lipinski definition) is 0. The minimum absolute atomic E-state index is 0.0322. The molecule has 2 aromatic rings. The van der Waals surface area contributed by atoms with Gasteiger partial charge in [0.05, 0.1) is 16.1 Å². The Morgan fingerprint density at radius 2 is 2.05 bits per heavy atom. The molecular formula is C14H9ClN2O3. The Morgan fingerprint density at radius 3 is 2.75 bits per heavy atom. The van der Waals surface area contributed by atoms with E-state index in [1.165, 1.54) is 18.2 Å². The maximum absolute atomic E-state index is 10.9. The number of hydrogen-bond acceptors (Lipinski definition) is 4. The van der Waals surface area contributed by atoms with Crippen LogP contribution in [0.25, 0.3) is 0 Å². The standard InChI is InChI=1S/C14H9ClN2O3/c15-12-5-6-13(17(18)19)11(7-12)9-20-14-4-2-1-3-10(14)8-16/h1-7H,9H2. The van der Waals surface area contributed by atoms with Crippen molar-refractivity contribution in [1.29, 1.82) is 5.26 Å². The van der Waals surface area contributed by atoms with E-state index >= 15 is 0 Å². The predicted molar refractivity (Wildman–Crippen MR) is 73.6 cm³/mol. The lowest BCUT2D eigenvalue weighted by Crippen LogP contribution is -2.01. The molecule has 0 fully saturated rings. The fourth-order valence-electron chi connectivity index (χ4n) is 1.69. The maximum Gasteiger partial charge on any atom is 0.276 e. The van der Waals surface area contributed by atoms with Gasteiger partial charge < -0.3 is 4.74 Å². The van der Waals surface area contributed by atoms with Gasteiger partial charge in [0.2, 0.25) is 0 Å². The second-order valence-electron chi connectivity index (χ2n) is 3.93. The predicted octanol–water partition coefficient (Wildman–Crippen LogP) is 3.70. The van der Waals surface area contributed by atoms with E-state index < -0.39 is 4.92 Å². The molecule has 0 saturated heterocycles. The van der Waals surface area contributed by atoms with Gasteiger partial charge >= 0.3 is 0 Å². The second-order valence-corrected chi connectivity index (χ2v) is 4.36. The maximum atomic E-state index is 10.9. The molecule has 2 aromatic carbocycles. The van der Waals surface area contributed by atoms with Crippen molar-refractivity contribution >= 4 is 17.3 Å². The first-order chi connectivity index (χ1) is 9.61. The van der Waals surface area contributed by atoms with Crippen LogP contribution < -0.4 is 4.74 Å². The lowest BCUT2D eigenvalue weighted by molar-refractivity contribution is -0.385. The summed E-state index contributed by atoms with van der Waals surface area (Å²) in [6.45, 7) is -0.0322. The number of benzene rings is 2. The fraction of sp³-hybridized carbons (Fsp3) is 0.0714. The molecule has 0 amide bonds. The highest BCUT2D eigenvalue weighted by Gasteiger charge is 2.15. The highest BCUT2D eigenvalue weighted by molar-refractivity contribution is 6.30. The van der Waals surface area contributed by atoms with E-state index in [4.69, 9.17) is 21.6 Å². The number of halogens is 1. The Balaban J connectivity index is 2.25. The molecule has 0 radical (unpaired) electrons. The molecule has 0 bridgehead atoms. The average molecular weight is 289 g/mol. The third kappa shape index (κ3) is 3.05. The third-order valence-corrected chi connectivity index (χ3v) is 2.86. The summed E-state index contributed by atoms with van der Waals surface area (Å²) in [6.07, 6.45) is 0. The largest absolute Gasteiger partial charge is 0.487 e. The topological polar surface area (TPSA) is 76.2 Å². The van der Waals surface area contributed by atoms with Gasteiger partial charge in [-0.3, -0.25) is 10.1 Å². The van der Waals surface area contributed by atoms with E-state index in [0.717, 1.165) is 0 Å². The summed E-state index contributed by atoms with van der Waals surface area (Å²) in [5.74, 6) is 0.379. The van der Waals surface area contributed by atoms with E-state index in [9.17, 15) is 10.1 Å². The van der Waals surface area contributed by atoms with Crippen molar-refractivity contribution < 1.29 is 9.66 Å². The first kappa shape index (κ1) is 13.8. The molecule has 0 unspecified atom stereocenters. The SMILES string of the molecule is N#Cc1ccccc1OCc1cc(Cl)ccc1[N+](=O)[O-]. The molecule has 2 rings (SSSR count). The minimum Gasteiger partial charge on any atom is -0.487 e. The Hall–Kier alpha value is -2.58. The summed E-state index contributed by atoms with van der Waals surface area (Å²) in [4.78, 5) is 10.4. The van der Waals surface area contributed by atoms with Crippen molar-refractivity contribution in [2.75, 3.05) is 0 Å². The zero-order chi connectivity index (χ0) is 14.5. The molecule has 0 aliphatic heterocycles. The van der Waals surface area contributed by atoms with Gasteiger partial charge in [0, 0.05) is 11.1 Å².